The van der Waals surface area contributed by atoms with E-state index in [2.05, 4.69) is 35.3 Å². The number of aromatic nitrogens is 3. The van der Waals surface area contributed by atoms with Crippen LogP contribution in [0.1, 0.15) is 29.8 Å². The van der Waals surface area contributed by atoms with Crippen LogP contribution in [0, 0.1) is 6.92 Å². The second kappa shape index (κ2) is 5.10. The van der Waals surface area contributed by atoms with Crippen LogP contribution in [0.4, 0.5) is 0 Å². The molecule has 2 heterocycles. The van der Waals surface area contributed by atoms with Crippen LogP contribution in [0.25, 0.3) is 0 Å². The molecule has 17 heavy (non-hydrogen) atoms. The normalized spacial score (nSPS) is 12.6. The van der Waals surface area contributed by atoms with Gasteiger partial charge in [0.25, 0.3) is 0 Å². The van der Waals surface area contributed by atoms with Crippen molar-refractivity contribution in [1.29, 1.82) is 0 Å². The summed E-state index contributed by atoms with van der Waals surface area (Å²) in [6, 6.07) is 4.32. The van der Waals surface area contributed by atoms with Gasteiger partial charge in [-0.25, -0.2) is 0 Å². The van der Waals surface area contributed by atoms with Gasteiger partial charge in [0.05, 0.1) is 6.20 Å². The first-order valence-corrected chi connectivity index (χ1v) is 5.79. The molecule has 0 bridgehead atoms. The molecule has 0 aliphatic heterocycles. The summed E-state index contributed by atoms with van der Waals surface area (Å²) in [4.78, 5) is 4.10. The molecule has 0 saturated heterocycles. The van der Waals surface area contributed by atoms with E-state index < -0.39 is 0 Å². The molecule has 2 aromatic rings. The van der Waals surface area contributed by atoms with Gasteiger partial charge < -0.3 is 5.32 Å². The summed E-state index contributed by atoms with van der Waals surface area (Å²) >= 11 is 0. The highest BCUT2D eigenvalue weighted by Crippen LogP contribution is 2.16. The molecule has 90 valence electrons. The van der Waals surface area contributed by atoms with Crippen LogP contribution >= 0.6 is 0 Å². The highest BCUT2D eigenvalue weighted by molar-refractivity contribution is 5.20. The molecule has 0 fully saturated rings. The summed E-state index contributed by atoms with van der Waals surface area (Å²) in [6.07, 6.45) is 5.60. The number of nitrogens with zero attached hydrogens (tertiary/aromatic N) is 3. The van der Waals surface area contributed by atoms with Crippen LogP contribution in [-0.4, -0.2) is 14.8 Å². The fourth-order valence-electron chi connectivity index (χ4n) is 1.82. The predicted octanol–water partition coefficient (Wildman–Crippen LogP) is 1.97. The lowest BCUT2D eigenvalue weighted by molar-refractivity contribution is 0.569. The first kappa shape index (κ1) is 11.8. The molecule has 0 spiro atoms. The monoisotopic (exact) mass is 230 g/mol. The smallest absolute Gasteiger partial charge is 0.0540 e. The van der Waals surface area contributed by atoms with Gasteiger partial charge >= 0.3 is 0 Å². The van der Waals surface area contributed by atoms with Crippen LogP contribution in [0.2, 0.25) is 0 Å². The SMILES string of the molecule is Cc1c(C(C)NCc2cccnc2)cnn1C. The predicted molar refractivity (Wildman–Crippen MR) is 67.4 cm³/mol. The van der Waals surface area contributed by atoms with E-state index in [1.165, 1.54) is 16.8 Å². The van der Waals surface area contributed by atoms with Crippen LogP contribution in [0.3, 0.4) is 0 Å². The summed E-state index contributed by atoms with van der Waals surface area (Å²) in [5.41, 5.74) is 3.65. The summed E-state index contributed by atoms with van der Waals surface area (Å²) in [5.74, 6) is 0. The first-order chi connectivity index (χ1) is 8.18. The van der Waals surface area contributed by atoms with Gasteiger partial charge in [0.1, 0.15) is 0 Å². The Balaban J connectivity index is 1.98. The molecular weight excluding hydrogens is 212 g/mol. The number of rotatable bonds is 4. The Morgan fingerprint density at radius 2 is 2.24 bits per heavy atom. The fourth-order valence-corrected chi connectivity index (χ4v) is 1.82. The molecular formula is C13H18N4. The molecule has 2 rings (SSSR count). The number of hydrogen-bond acceptors (Lipinski definition) is 3. The van der Waals surface area contributed by atoms with Crippen molar-refractivity contribution in [2.24, 2.45) is 7.05 Å². The lowest BCUT2D eigenvalue weighted by atomic mass is 10.1. The lowest BCUT2D eigenvalue weighted by Crippen LogP contribution is -2.18. The molecule has 0 radical (unpaired) electrons. The number of aryl methyl sites for hydroxylation is 1. The van der Waals surface area contributed by atoms with Gasteiger partial charge in [-0.15, -0.1) is 0 Å². The Hall–Kier alpha value is -1.68. The molecule has 4 heteroatoms. The third-order valence-corrected chi connectivity index (χ3v) is 3.07. The van der Waals surface area contributed by atoms with E-state index in [1.54, 1.807) is 6.20 Å². The van der Waals surface area contributed by atoms with E-state index in [9.17, 15) is 0 Å². The van der Waals surface area contributed by atoms with Crippen LogP contribution in [0.15, 0.2) is 30.7 Å². The van der Waals surface area contributed by atoms with Gasteiger partial charge in [-0.2, -0.15) is 5.10 Å². The second-order valence-corrected chi connectivity index (χ2v) is 4.27. The van der Waals surface area contributed by atoms with E-state index in [0.717, 1.165) is 6.54 Å². The van der Waals surface area contributed by atoms with Crippen molar-refractivity contribution in [2.45, 2.75) is 26.4 Å². The topological polar surface area (TPSA) is 42.7 Å². The zero-order valence-corrected chi connectivity index (χ0v) is 10.5. The number of hydrogen-bond donors (Lipinski definition) is 1. The number of pyridine rings is 1. The highest BCUT2D eigenvalue weighted by atomic mass is 15.3. The largest absolute Gasteiger partial charge is 0.306 e. The zero-order valence-electron chi connectivity index (χ0n) is 10.5. The first-order valence-electron chi connectivity index (χ1n) is 5.79. The lowest BCUT2D eigenvalue weighted by Gasteiger charge is -2.13. The summed E-state index contributed by atoms with van der Waals surface area (Å²) in [5, 5.41) is 7.73. The van der Waals surface area contributed by atoms with Crippen molar-refractivity contribution in [3.8, 4) is 0 Å². The zero-order chi connectivity index (χ0) is 12.3. The third kappa shape index (κ3) is 2.71. The second-order valence-electron chi connectivity index (χ2n) is 4.27. The van der Waals surface area contributed by atoms with Gasteiger partial charge in [0.2, 0.25) is 0 Å². The van der Waals surface area contributed by atoms with Crippen LogP contribution in [0.5, 0.6) is 0 Å². The Morgan fingerprint density at radius 1 is 1.41 bits per heavy atom. The Labute approximate surface area is 102 Å². The molecule has 1 atom stereocenters. The maximum atomic E-state index is 4.26. The highest BCUT2D eigenvalue weighted by Gasteiger charge is 2.11. The van der Waals surface area contributed by atoms with E-state index in [1.807, 2.05) is 30.2 Å². The molecule has 0 aliphatic rings. The van der Waals surface area contributed by atoms with Crippen molar-refractivity contribution in [3.63, 3.8) is 0 Å². The summed E-state index contributed by atoms with van der Waals surface area (Å²) in [6.45, 7) is 5.06. The quantitative estimate of drug-likeness (QED) is 0.873. The van der Waals surface area contributed by atoms with Gasteiger partial charge in [0, 0.05) is 43.3 Å². The molecule has 2 aromatic heterocycles. The molecule has 1 unspecified atom stereocenters. The third-order valence-electron chi connectivity index (χ3n) is 3.07. The summed E-state index contributed by atoms with van der Waals surface area (Å²) < 4.78 is 1.90. The molecule has 1 N–H and O–H groups in total. The Kier molecular flexibility index (Phi) is 3.54. The van der Waals surface area contributed by atoms with E-state index in [4.69, 9.17) is 0 Å². The minimum absolute atomic E-state index is 0.295. The maximum absolute atomic E-state index is 4.26. The van der Waals surface area contributed by atoms with Crippen molar-refractivity contribution >= 4 is 0 Å². The van der Waals surface area contributed by atoms with Crippen molar-refractivity contribution < 1.29 is 0 Å². The van der Waals surface area contributed by atoms with Gasteiger partial charge in [-0.05, 0) is 25.5 Å². The minimum atomic E-state index is 0.295. The Bertz CT molecular complexity index is 475. The van der Waals surface area contributed by atoms with Gasteiger partial charge in [-0.1, -0.05) is 6.07 Å². The van der Waals surface area contributed by atoms with E-state index in [-0.39, 0.29) is 0 Å². The molecule has 4 nitrogen and oxygen atoms in total. The van der Waals surface area contributed by atoms with Crippen molar-refractivity contribution in [2.75, 3.05) is 0 Å². The van der Waals surface area contributed by atoms with Crippen molar-refractivity contribution in [1.82, 2.24) is 20.1 Å². The molecule has 0 aliphatic carbocycles. The number of nitrogens with one attached hydrogen (secondary N) is 1. The summed E-state index contributed by atoms with van der Waals surface area (Å²) in [7, 11) is 1.96. The van der Waals surface area contributed by atoms with Gasteiger partial charge in [0.15, 0.2) is 0 Å². The molecule has 0 aromatic carbocycles. The standard InChI is InChI=1S/C13H18N4/c1-10(13-9-16-17(3)11(13)2)15-8-12-5-4-6-14-7-12/h4-7,9-10,15H,8H2,1-3H3. The average molecular weight is 230 g/mol. The minimum Gasteiger partial charge on any atom is -0.306 e. The van der Waals surface area contributed by atoms with E-state index >= 15 is 0 Å². The molecule has 0 saturated carbocycles. The molecule has 0 amide bonds. The van der Waals surface area contributed by atoms with Crippen molar-refractivity contribution in [3.05, 3.63) is 47.5 Å². The van der Waals surface area contributed by atoms with E-state index in [0.29, 0.717) is 6.04 Å². The average Bonchev–Trinajstić information content (AvgIpc) is 2.69. The fraction of sp³-hybridized carbons (Fsp3) is 0.385. The van der Waals surface area contributed by atoms with Crippen LogP contribution < -0.4 is 5.32 Å². The maximum Gasteiger partial charge on any atom is 0.0540 e. The van der Waals surface area contributed by atoms with Gasteiger partial charge in [-0.3, -0.25) is 9.67 Å². The van der Waals surface area contributed by atoms with Crippen LogP contribution in [-0.2, 0) is 13.6 Å². The Morgan fingerprint density at radius 3 is 2.82 bits per heavy atom.